The number of nitrogens with zero attached hydrogens (tertiary/aromatic N) is 1. The molecule has 1 rings (SSSR count). The molecular formula is C14H27NO. The van der Waals surface area contributed by atoms with Gasteiger partial charge in [0, 0.05) is 5.54 Å². The monoisotopic (exact) mass is 225 g/mol. The average Bonchev–Trinajstić information content (AvgIpc) is 2.30. The number of aliphatic hydroxyl groups excluding tert-OH is 1. The van der Waals surface area contributed by atoms with Gasteiger partial charge in [0.05, 0.1) is 6.10 Å². The van der Waals surface area contributed by atoms with Crippen molar-refractivity contribution in [3.8, 4) is 0 Å². The quantitative estimate of drug-likeness (QED) is 0.555. The minimum absolute atomic E-state index is 0.0411. The van der Waals surface area contributed by atoms with Crippen LogP contribution in [0.15, 0.2) is 12.7 Å². The molecular weight excluding hydrogens is 198 g/mol. The van der Waals surface area contributed by atoms with Gasteiger partial charge in [-0.2, -0.15) is 0 Å². The third kappa shape index (κ3) is 3.08. The highest BCUT2D eigenvalue weighted by Crippen LogP contribution is 2.36. The molecule has 2 heteroatoms. The van der Waals surface area contributed by atoms with Crippen LogP contribution in [-0.4, -0.2) is 35.7 Å². The zero-order valence-electron chi connectivity index (χ0n) is 10.9. The van der Waals surface area contributed by atoms with Gasteiger partial charge in [0.25, 0.3) is 0 Å². The Balaban J connectivity index is 2.57. The minimum atomic E-state index is -0.178. The van der Waals surface area contributed by atoms with Gasteiger partial charge < -0.3 is 10.0 Å². The molecule has 0 aliphatic heterocycles. The van der Waals surface area contributed by atoms with Crippen molar-refractivity contribution >= 4 is 0 Å². The van der Waals surface area contributed by atoms with Gasteiger partial charge in [-0.05, 0) is 46.2 Å². The molecule has 16 heavy (non-hydrogen) atoms. The topological polar surface area (TPSA) is 23.5 Å². The first-order valence-corrected chi connectivity index (χ1v) is 6.60. The summed E-state index contributed by atoms with van der Waals surface area (Å²) in [6.07, 6.45) is 10.9. The highest BCUT2D eigenvalue weighted by atomic mass is 16.3. The van der Waals surface area contributed by atoms with E-state index in [2.05, 4.69) is 25.6 Å². The molecule has 0 spiro atoms. The summed E-state index contributed by atoms with van der Waals surface area (Å²) >= 11 is 0. The number of hydrogen-bond donors (Lipinski definition) is 1. The molecule has 1 saturated carbocycles. The van der Waals surface area contributed by atoms with Crippen LogP contribution in [-0.2, 0) is 0 Å². The lowest BCUT2D eigenvalue weighted by atomic mass is 9.75. The summed E-state index contributed by atoms with van der Waals surface area (Å²) in [7, 11) is 4.23. The maximum Gasteiger partial charge on any atom is 0.0723 e. The Morgan fingerprint density at radius 2 is 1.94 bits per heavy atom. The fourth-order valence-electron chi connectivity index (χ4n) is 2.97. The third-order valence-corrected chi connectivity index (χ3v) is 4.12. The van der Waals surface area contributed by atoms with Crippen LogP contribution in [0, 0.1) is 0 Å². The predicted octanol–water partition coefficient (Wildman–Crippen LogP) is 2.97. The highest BCUT2D eigenvalue weighted by Gasteiger charge is 2.40. The number of allylic oxidation sites excluding steroid dienone is 1. The smallest absolute Gasteiger partial charge is 0.0723 e. The number of unbranched alkanes of at least 4 members (excludes halogenated alkanes) is 1. The molecule has 2 nitrogen and oxygen atoms in total. The molecule has 0 amide bonds. The Bertz CT molecular complexity index is 207. The highest BCUT2D eigenvalue weighted by molar-refractivity contribution is 4.96. The van der Waals surface area contributed by atoms with Gasteiger partial charge in [0.1, 0.15) is 0 Å². The molecule has 1 unspecified atom stereocenters. The predicted molar refractivity (Wildman–Crippen MR) is 69.6 cm³/mol. The SMILES string of the molecule is C=CCCCC(O)C1(N(C)C)CCCCC1. The van der Waals surface area contributed by atoms with E-state index in [0.29, 0.717) is 0 Å². The summed E-state index contributed by atoms with van der Waals surface area (Å²) in [6, 6.07) is 0. The lowest BCUT2D eigenvalue weighted by Crippen LogP contribution is -2.54. The van der Waals surface area contributed by atoms with Crippen LogP contribution >= 0.6 is 0 Å². The normalized spacial score (nSPS) is 22.0. The van der Waals surface area contributed by atoms with E-state index < -0.39 is 0 Å². The first kappa shape index (κ1) is 13.7. The number of hydrogen-bond acceptors (Lipinski definition) is 2. The molecule has 0 bridgehead atoms. The van der Waals surface area contributed by atoms with Crippen LogP contribution in [0.3, 0.4) is 0 Å². The molecule has 94 valence electrons. The second kappa shape index (κ2) is 6.41. The van der Waals surface area contributed by atoms with Crippen LogP contribution in [0.2, 0.25) is 0 Å². The lowest BCUT2D eigenvalue weighted by Gasteiger charge is -2.46. The van der Waals surface area contributed by atoms with Gasteiger partial charge >= 0.3 is 0 Å². The molecule has 0 aromatic carbocycles. The van der Waals surface area contributed by atoms with E-state index in [1.54, 1.807) is 0 Å². The van der Waals surface area contributed by atoms with Crippen LogP contribution in [0.1, 0.15) is 51.4 Å². The van der Waals surface area contributed by atoms with Crippen molar-refractivity contribution in [3.05, 3.63) is 12.7 Å². The molecule has 0 radical (unpaired) electrons. The van der Waals surface area contributed by atoms with E-state index in [1.165, 1.54) is 19.3 Å². The zero-order chi connectivity index (χ0) is 12.0. The van der Waals surface area contributed by atoms with Gasteiger partial charge in [0.2, 0.25) is 0 Å². The summed E-state index contributed by atoms with van der Waals surface area (Å²) in [5.74, 6) is 0. The van der Waals surface area contributed by atoms with E-state index in [4.69, 9.17) is 0 Å². The van der Waals surface area contributed by atoms with Crippen molar-refractivity contribution in [2.75, 3.05) is 14.1 Å². The van der Waals surface area contributed by atoms with Gasteiger partial charge in [-0.25, -0.2) is 0 Å². The number of rotatable bonds is 6. The van der Waals surface area contributed by atoms with Gasteiger partial charge in [-0.15, -0.1) is 6.58 Å². The first-order valence-electron chi connectivity index (χ1n) is 6.60. The molecule has 0 saturated heterocycles. The van der Waals surface area contributed by atoms with Crippen molar-refractivity contribution in [1.29, 1.82) is 0 Å². The lowest BCUT2D eigenvalue weighted by molar-refractivity contribution is -0.0362. The largest absolute Gasteiger partial charge is 0.391 e. The summed E-state index contributed by atoms with van der Waals surface area (Å²) < 4.78 is 0. The van der Waals surface area contributed by atoms with E-state index in [9.17, 15) is 5.11 Å². The Morgan fingerprint density at radius 1 is 1.31 bits per heavy atom. The minimum Gasteiger partial charge on any atom is -0.391 e. The summed E-state index contributed by atoms with van der Waals surface area (Å²) in [4.78, 5) is 2.25. The van der Waals surface area contributed by atoms with Gasteiger partial charge in [-0.3, -0.25) is 0 Å². The van der Waals surface area contributed by atoms with E-state index >= 15 is 0 Å². The Hall–Kier alpha value is -0.340. The molecule has 0 heterocycles. The number of aliphatic hydroxyl groups is 1. The summed E-state index contributed by atoms with van der Waals surface area (Å²) in [5.41, 5.74) is 0.0411. The molecule has 1 N–H and O–H groups in total. The summed E-state index contributed by atoms with van der Waals surface area (Å²) in [6.45, 7) is 3.73. The Kier molecular flexibility index (Phi) is 5.50. The fraction of sp³-hybridized carbons (Fsp3) is 0.857. The third-order valence-electron chi connectivity index (χ3n) is 4.12. The van der Waals surface area contributed by atoms with Crippen molar-refractivity contribution in [2.45, 2.75) is 63.0 Å². The molecule has 1 aliphatic carbocycles. The van der Waals surface area contributed by atoms with Gasteiger partial charge in [-0.1, -0.05) is 25.3 Å². The second-order valence-corrected chi connectivity index (χ2v) is 5.29. The Morgan fingerprint density at radius 3 is 2.44 bits per heavy atom. The second-order valence-electron chi connectivity index (χ2n) is 5.29. The first-order chi connectivity index (χ1) is 7.63. The summed E-state index contributed by atoms with van der Waals surface area (Å²) in [5, 5.41) is 10.4. The van der Waals surface area contributed by atoms with Crippen molar-refractivity contribution in [1.82, 2.24) is 4.90 Å². The van der Waals surface area contributed by atoms with Crippen molar-refractivity contribution < 1.29 is 5.11 Å². The maximum absolute atomic E-state index is 10.4. The van der Waals surface area contributed by atoms with Crippen LogP contribution in [0.5, 0.6) is 0 Å². The van der Waals surface area contributed by atoms with Crippen molar-refractivity contribution in [2.24, 2.45) is 0 Å². The molecule has 0 aromatic heterocycles. The van der Waals surface area contributed by atoms with Crippen molar-refractivity contribution in [3.63, 3.8) is 0 Å². The van der Waals surface area contributed by atoms with Gasteiger partial charge in [0.15, 0.2) is 0 Å². The zero-order valence-corrected chi connectivity index (χ0v) is 10.9. The van der Waals surface area contributed by atoms with Crippen LogP contribution in [0.4, 0.5) is 0 Å². The van der Waals surface area contributed by atoms with E-state index in [0.717, 1.165) is 32.1 Å². The molecule has 1 aliphatic rings. The Labute approximate surface area is 100 Å². The van der Waals surface area contributed by atoms with E-state index in [1.807, 2.05) is 6.08 Å². The molecule has 1 atom stereocenters. The van der Waals surface area contributed by atoms with Crippen LogP contribution in [0.25, 0.3) is 0 Å². The molecule has 1 fully saturated rings. The fourth-order valence-corrected chi connectivity index (χ4v) is 2.97. The number of likely N-dealkylation sites (N-methyl/N-ethyl adjacent to an activating group) is 1. The van der Waals surface area contributed by atoms with Crippen LogP contribution < -0.4 is 0 Å². The molecule has 0 aromatic rings. The van der Waals surface area contributed by atoms with E-state index in [-0.39, 0.29) is 11.6 Å². The maximum atomic E-state index is 10.4. The average molecular weight is 225 g/mol. The standard InChI is InChI=1S/C14H27NO/c1-4-5-7-10-13(16)14(15(2)3)11-8-6-9-12-14/h4,13,16H,1,5-12H2,2-3H3.